The molecule has 10 heavy (non-hydrogen) atoms. The van der Waals surface area contributed by atoms with Crippen LogP contribution in [-0.4, -0.2) is 17.9 Å². The number of nitrogens with one attached hydrogen (secondary N) is 1. The molecule has 2 rings (SSSR count). The van der Waals surface area contributed by atoms with Gasteiger partial charge in [-0.1, -0.05) is 12.8 Å². The summed E-state index contributed by atoms with van der Waals surface area (Å²) in [5.41, 5.74) is 0. The fraction of sp³-hybridized carbons (Fsp3) is 0.875. The highest BCUT2D eigenvalue weighted by Gasteiger charge is 2.28. The first kappa shape index (κ1) is 6.20. The number of rotatable bonds is 0. The quantitative estimate of drug-likeness (QED) is 0.536. The van der Waals surface area contributed by atoms with Crippen molar-refractivity contribution in [3.05, 3.63) is 0 Å². The van der Waals surface area contributed by atoms with E-state index in [9.17, 15) is 0 Å². The van der Waals surface area contributed by atoms with E-state index in [0.29, 0.717) is 12.1 Å². The van der Waals surface area contributed by atoms with Gasteiger partial charge in [-0.2, -0.15) is 0 Å². The van der Waals surface area contributed by atoms with E-state index in [2.05, 4.69) is 17.2 Å². The molecule has 0 spiro atoms. The molecule has 0 aromatic heterocycles. The highest BCUT2D eigenvalue weighted by atomic mass is 15.1. The average Bonchev–Trinajstić information content (AvgIpc) is 2.27. The summed E-state index contributed by atoms with van der Waals surface area (Å²) in [6.45, 7) is 2.07. The van der Waals surface area contributed by atoms with E-state index in [-0.39, 0.29) is 0 Å². The van der Waals surface area contributed by atoms with E-state index in [1.807, 2.05) is 0 Å². The average molecular weight is 138 g/mol. The van der Waals surface area contributed by atoms with Gasteiger partial charge in [0.1, 0.15) is 0 Å². The van der Waals surface area contributed by atoms with Gasteiger partial charge in [0, 0.05) is 6.04 Å². The zero-order valence-corrected chi connectivity index (χ0v) is 6.43. The van der Waals surface area contributed by atoms with Crippen molar-refractivity contribution in [1.29, 1.82) is 0 Å². The molecule has 2 aliphatic rings. The first-order valence-electron chi connectivity index (χ1n) is 4.17. The van der Waals surface area contributed by atoms with Crippen LogP contribution in [0, 0.1) is 0 Å². The minimum Gasteiger partial charge on any atom is -0.369 e. The van der Waals surface area contributed by atoms with Gasteiger partial charge in [0.25, 0.3) is 0 Å². The number of nitrogens with zero attached hydrogens (tertiary/aromatic N) is 1. The summed E-state index contributed by atoms with van der Waals surface area (Å²) in [5.74, 6) is 1.15. The lowest BCUT2D eigenvalue weighted by atomic mass is 9.92. The predicted molar refractivity (Wildman–Crippen MR) is 42.3 cm³/mol. The van der Waals surface area contributed by atoms with E-state index < -0.39 is 0 Å². The Morgan fingerprint density at radius 1 is 1.40 bits per heavy atom. The molecule has 1 N–H and O–H groups in total. The molecule has 0 amide bonds. The summed E-state index contributed by atoms with van der Waals surface area (Å²) in [4.78, 5) is 4.52. The van der Waals surface area contributed by atoms with Crippen LogP contribution in [0.1, 0.15) is 32.6 Å². The van der Waals surface area contributed by atoms with Crippen LogP contribution in [0.3, 0.4) is 0 Å². The van der Waals surface area contributed by atoms with Crippen molar-refractivity contribution in [1.82, 2.24) is 5.32 Å². The third kappa shape index (κ3) is 0.917. The standard InChI is InChI=1S/C8H14N2/c1-6-9-7-4-2-3-5-8(7)10-6/h7-8H,2-5H2,1H3,(H,9,10)/t7-,8+. The maximum atomic E-state index is 4.52. The monoisotopic (exact) mass is 138 g/mol. The van der Waals surface area contributed by atoms with Gasteiger partial charge in [-0.05, 0) is 19.8 Å². The van der Waals surface area contributed by atoms with Gasteiger partial charge in [-0.3, -0.25) is 4.99 Å². The summed E-state index contributed by atoms with van der Waals surface area (Å²) in [7, 11) is 0. The Labute approximate surface area is 61.7 Å². The van der Waals surface area contributed by atoms with Gasteiger partial charge in [0.05, 0.1) is 11.9 Å². The summed E-state index contributed by atoms with van der Waals surface area (Å²) in [6.07, 6.45) is 5.39. The van der Waals surface area contributed by atoms with Crippen LogP contribution < -0.4 is 5.32 Å². The van der Waals surface area contributed by atoms with Crippen molar-refractivity contribution >= 4 is 5.84 Å². The fourth-order valence-electron chi connectivity index (χ4n) is 1.99. The van der Waals surface area contributed by atoms with Gasteiger partial charge in [0.15, 0.2) is 0 Å². The second-order valence-electron chi connectivity index (χ2n) is 3.32. The van der Waals surface area contributed by atoms with Gasteiger partial charge in [-0.15, -0.1) is 0 Å². The Balaban J connectivity index is 2.06. The van der Waals surface area contributed by atoms with Crippen molar-refractivity contribution in [2.45, 2.75) is 44.7 Å². The first-order chi connectivity index (χ1) is 4.86. The number of hydrogen-bond donors (Lipinski definition) is 1. The van der Waals surface area contributed by atoms with E-state index in [0.717, 1.165) is 5.84 Å². The third-order valence-electron chi connectivity index (χ3n) is 2.48. The third-order valence-corrected chi connectivity index (χ3v) is 2.48. The van der Waals surface area contributed by atoms with Gasteiger partial charge < -0.3 is 5.32 Å². The predicted octanol–water partition coefficient (Wildman–Crippen LogP) is 1.32. The molecule has 0 radical (unpaired) electrons. The topological polar surface area (TPSA) is 24.4 Å². The maximum Gasteiger partial charge on any atom is 0.0938 e. The summed E-state index contributed by atoms with van der Waals surface area (Å²) in [6, 6.07) is 1.31. The zero-order chi connectivity index (χ0) is 6.97. The Morgan fingerprint density at radius 2 is 2.20 bits per heavy atom. The Kier molecular flexibility index (Phi) is 1.40. The lowest BCUT2D eigenvalue weighted by molar-refractivity contribution is 0.384. The zero-order valence-electron chi connectivity index (χ0n) is 6.43. The molecule has 1 aliphatic heterocycles. The first-order valence-corrected chi connectivity index (χ1v) is 4.17. The second-order valence-corrected chi connectivity index (χ2v) is 3.32. The van der Waals surface area contributed by atoms with E-state index in [1.165, 1.54) is 25.7 Å². The molecule has 1 heterocycles. The van der Waals surface area contributed by atoms with Crippen molar-refractivity contribution in [2.75, 3.05) is 0 Å². The Morgan fingerprint density at radius 3 is 3.00 bits per heavy atom. The highest BCUT2D eigenvalue weighted by molar-refractivity contribution is 5.81. The molecule has 0 bridgehead atoms. The molecular formula is C8H14N2. The van der Waals surface area contributed by atoms with Gasteiger partial charge >= 0.3 is 0 Å². The second kappa shape index (κ2) is 2.26. The molecule has 2 heteroatoms. The molecule has 1 fully saturated rings. The molecule has 0 aromatic rings. The van der Waals surface area contributed by atoms with Crippen LogP contribution in [0.2, 0.25) is 0 Å². The van der Waals surface area contributed by atoms with Gasteiger partial charge in [-0.25, -0.2) is 0 Å². The van der Waals surface area contributed by atoms with Crippen molar-refractivity contribution in [3.8, 4) is 0 Å². The molecule has 0 aromatic carbocycles. The fourth-order valence-corrected chi connectivity index (χ4v) is 1.99. The molecule has 2 nitrogen and oxygen atoms in total. The lowest BCUT2D eigenvalue weighted by Gasteiger charge is -2.23. The normalized spacial score (nSPS) is 38.3. The molecule has 1 saturated carbocycles. The van der Waals surface area contributed by atoms with E-state index in [4.69, 9.17) is 0 Å². The van der Waals surface area contributed by atoms with Crippen molar-refractivity contribution in [3.63, 3.8) is 0 Å². The summed E-state index contributed by atoms with van der Waals surface area (Å²) < 4.78 is 0. The minimum atomic E-state index is 0.619. The Bertz CT molecular complexity index is 163. The van der Waals surface area contributed by atoms with Crippen LogP contribution in [0.4, 0.5) is 0 Å². The lowest BCUT2D eigenvalue weighted by Crippen LogP contribution is -2.35. The molecule has 2 atom stereocenters. The summed E-state index contributed by atoms with van der Waals surface area (Å²) in [5, 5.41) is 3.41. The van der Waals surface area contributed by atoms with E-state index >= 15 is 0 Å². The number of fused-ring (bicyclic) bond motifs is 1. The van der Waals surface area contributed by atoms with Crippen LogP contribution in [-0.2, 0) is 0 Å². The SMILES string of the molecule is CC1=N[C@@H]2CCCC[C@@H]2N1. The largest absolute Gasteiger partial charge is 0.369 e. The van der Waals surface area contributed by atoms with Crippen LogP contribution in [0.25, 0.3) is 0 Å². The number of aliphatic imine (C=N–C) groups is 1. The maximum absolute atomic E-state index is 4.52. The van der Waals surface area contributed by atoms with Crippen molar-refractivity contribution in [2.24, 2.45) is 4.99 Å². The van der Waals surface area contributed by atoms with Crippen molar-refractivity contribution < 1.29 is 0 Å². The molecule has 0 unspecified atom stereocenters. The molecular weight excluding hydrogens is 124 g/mol. The van der Waals surface area contributed by atoms with Crippen LogP contribution >= 0.6 is 0 Å². The van der Waals surface area contributed by atoms with Crippen LogP contribution in [0.5, 0.6) is 0 Å². The Hall–Kier alpha value is -0.530. The highest BCUT2D eigenvalue weighted by Crippen LogP contribution is 2.24. The van der Waals surface area contributed by atoms with Gasteiger partial charge in [0.2, 0.25) is 0 Å². The van der Waals surface area contributed by atoms with Crippen LogP contribution in [0.15, 0.2) is 4.99 Å². The number of amidine groups is 1. The summed E-state index contributed by atoms with van der Waals surface area (Å²) >= 11 is 0. The number of hydrogen-bond acceptors (Lipinski definition) is 2. The minimum absolute atomic E-state index is 0.619. The molecule has 56 valence electrons. The van der Waals surface area contributed by atoms with E-state index in [1.54, 1.807) is 0 Å². The smallest absolute Gasteiger partial charge is 0.0938 e. The molecule has 0 saturated heterocycles. The molecule has 1 aliphatic carbocycles.